The predicted octanol–water partition coefficient (Wildman–Crippen LogP) is 12.7. The number of rotatable bonds is 4. The molecule has 0 heterocycles. The van der Waals surface area contributed by atoms with Crippen molar-refractivity contribution in [2.75, 3.05) is 0 Å². The van der Waals surface area contributed by atoms with Crippen LogP contribution in [0.25, 0.3) is 76.8 Å². The number of hydrogen-bond donors (Lipinski definition) is 0. The SMILES string of the molecule is Cc1cc(C)c(-c2c3ccccc3c(-c3ccc4cc(-c5cccc(-c6ccccc6)c5)ccc4c3)c3ccccc23)c(C)c1. The molecule has 0 radical (unpaired) electrons. The van der Waals surface area contributed by atoms with Gasteiger partial charge in [-0.1, -0.05) is 139 Å². The smallest absolute Gasteiger partial charge is 0.00210 e. The lowest BCUT2D eigenvalue weighted by atomic mass is 9.83. The van der Waals surface area contributed by atoms with E-state index in [9.17, 15) is 0 Å². The Morgan fingerprint density at radius 2 is 0.733 bits per heavy atom. The third-order valence-electron chi connectivity index (χ3n) is 9.29. The Labute approximate surface area is 265 Å². The summed E-state index contributed by atoms with van der Waals surface area (Å²) in [5.74, 6) is 0. The molecule has 8 aromatic carbocycles. The number of aryl methyl sites for hydroxylation is 3. The Morgan fingerprint density at radius 1 is 0.289 bits per heavy atom. The summed E-state index contributed by atoms with van der Waals surface area (Å²) in [5, 5.41) is 7.68. The summed E-state index contributed by atoms with van der Waals surface area (Å²) >= 11 is 0. The van der Waals surface area contributed by atoms with Crippen LogP contribution in [-0.4, -0.2) is 0 Å². The topological polar surface area (TPSA) is 0 Å². The highest BCUT2D eigenvalue weighted by Gasteiger charge is 2.19. The Bertz CT molecular complexity index is 2310. The molecule has 0 unspecified atom stereocenters. The summed E-state index contributed by atoms with van der Waals surface area (Å²) in [6, 6.07) is 55.8. The first kappa shape index (κ1) is 27.1. The van der Waals surface area contributed by atoms with Gasteiger partial charge in [-0.15, -0.1) is 0 Å². The van der Waals surface area contributed by atoms with Crippen molar-refractivity contribution in [2.45, 2.75) is 20.8 Å². The van der Waals surface area contributed by atoms with Crippen molar-refractivity contribution in [1.29, 1.82) is 0 Å². The molecule has 0 heteroatoms. The number of fused-ring (bicyclic) bond motifs is 3. The van der Waals surface area contributed by atoms with Crippen LogP contribution in [0.2, 0.25) is 0 Å². The van der Waals surface area contributed by atoms with E-state index in [1.807, 2.05) is 0 Å². The lowest BCUT2D eigenvalue weighted by molar-refractivity contribution is 1.33. The van der Waals surface area contributed by atoms with Crippen molar-refractivity contribution < 1.29 is 0 Å². The molecule has 0 aliphatic rings. The summed E-state index contributed by atoms with van der Waals surface area (Å²) in [4.78, 5) is 0. The normalized spacial score (nSPS) is 11.4. The van der Waals surface area contributed by atoms with Gasteiger partial charge in [0, 0.05) is 0 Å². The van der Waals surface area contributed by atoms with Crippen molar-refractivity contribution in [1.82, 2.24) is 0 Å². The maximum Gasteiger partial charge on any atom is -0.00210 e. The van der Waals surface area contributed by atoms with E-state index in [0.29, 0.717) is 0 Å². The minimum Gasteiger partial charge on any atom is -0.0622 e. The van der Waals surface area contributed by atoms with Crippen LogP contribution in [-0.2, 0) is 0 Å². The summed E-state index contributed by atoms with van der Waals surface area (Å²) in [5.41, 5.74) is 14.1. The zero-order valence-corrected chi connectivity index (χ0v) is 25.9. The molecule has 0 atom stereocenters. The third kappa shape index (κ3) is 4.71. The second kappa shape index (κ2) is 10.9. The van der Waals surface area contributed by atoms with Crippen LogP contribution < -0.4 is 0 Å². The average molecular weight is 575 g/mol. The molecule has 8 aromatic rings. The minimum absolute atomic E-state index is 1.23. The molecule has 0 spiro atoms. The standard InChI is InChI=1S/C45H34/c1-29-24-30(2)43(31(3)25-29)45-41-18-9-7-16-39(41)44(40-17-8-10-19-42(40)45)38-23-22-36-27-35(20-21-37(36)28-38)34-15-11-14-33(26-34)32-12-5-4-6-13-32/h4-28H,1-3H3. The van der Waals surface area contributed by atoms with E-state index >= 15 is 0 Å². The number of benzene rings is 8. The number of hydrogen-bond acceptors (Lipinski definition) is 0. The minimum atomic E-state index is 1.23. The summed E-state index contributed by atoms with van der Waals surface area (Å²) < 4.78 is 0. The maximum absolute atomic E-state index is 2.37. The van der Waals surface area contributed by atoms with Crippen LogP contribution in [0.15, 0.2) is 152 Å². The van der Waals surface area contributed by atoms with Crippen molar-refractivity contribution >= 4 is 32.3 Å². The molecule has 0 N–H and O–H groups in total. The molecule has 0 fully saturated rings. The fourth-order valence-electron chi connectivity index (χ4n) is 7.37. The van der Waals surface area contributed by atoms with Gasteiger partial charge < -0.3 is 0 Å². The summed E-state index contributed by atoms with van der Waals surface area (Å²) in [6.07, 6.45) is 0. The van der Waals surface area contributed by atoms with E-state index in [-0.39, 0.29) is 0 Å². The van der Waals surface area contributed by atoms with Crippen LogP contribution in [0, 0.1) is 20.8 Å². The van der Waals surface area contributed by atoms with Gasteiger partial charge in [0.05, 0.1) is 0 Å². The van der Waals surface area contributed by atoms with Gasteiger partial charge in [-0.05, 0) is 127 Å². The highest BCUT2D eigenvalue weighted by atomic mass is 14.2. The molecular formula is C45H34. The molecule has 0 aromatic heterocycles. The zero-order valence-electron chi connectivity index (χ0n) is 25.9. The van der Waals surface area contributed by atoms with Gasteiger partial charge >= 0.3 is 0 Å². The highest BCUT2D eigenvalue weighted by Crippen LogP contribution is 2.45. The summed E-state index contributed by atoms with van der Waals surface area (Å²) in [6.45, 7) is 6.69. The van der Waals surface area contributed by atoms with Gasteiger partial charge in [0.2, 0.25) is 0 Å². The Morgan fingerprint density at radius 3 is 1.33 bits per heavy atom. The molecule has 45 heavy (non-hydrogen) atoms. The van der Waals surface area contributed by atoms with Crippen molar-refractivity contribution in [3.05, 3.63) is 168 Å². The quantitative estimate of drug-likeness (QED) is 0.183. The first-order valence-electron chi connectivity index (χ1n) is 15.8. The molecule has 0 bridgehead atoms. The first-order chi connectivity index (χ1) is 22.0. The van der Waals surface area contributed by atoms with E-state index in [2.05, 4.69) is 172 Å². The third-order valence-corrected chi connectivity index (χ3v) is 9.29. The molecule has 0 nitrogen and oxygen atoms in total. The maximum atomic E-state index is 2.37. The second-order valence-corrected chi connectivity index (χ2v) is 12.3. The Kier molecular flexibility index (Phi) is 6.58. The molecular weight excluding hydrogens is 540 g/mol. The van der Waals surface area contributed by atoms with Crippen LogP contribution >= 0.6 is 0 Å². The van der Waals surface area contributed by atoms with Gasteiger partial charge in [-0.25, -0.2) is 0 Å². The Balaban J connectivity index is 1.30. The zero-order chi connectivity index (χ0) is 30.5. The summed E-state index contributed by atoms with van der Waals surface area (Å²) in [7, 11) is 0. The second-order valence-electron chi connectivity index (χ2n) is 12.3. The monoisotopic (exact) mass is 574 g/mol. The molecule has 0 aliphatic carbocycles. The Hall–Kier alpha value is -5.46. The molecule has 0 saturated carbocycles. The average Bonchev–Trinajstić information content (AvgIpc) is 3.07. The predicted molar refractivity (Wildman–Crippen MR) is 195 cm³/mol. The lowest BCUT2D eigenvalue weighted by Gasteiger charge is -2.20. The fraction of sp³-hybridized carbons (Fsp3) is 0.0667. The van der Waals surface area contributed by atoms with Gasteiger partial charge in [0.25, 0.3) is 0 Å². The van der Waals surface area contributed by atoms with Gasteiger partial charge in [-0.3, -0.25) is 0 Å². The van der Waals surface area contributed by atoms with Crippen LogP contribution in [0.5, 0.6) is 0 Å². The van der Waals surface area contributed by atoms with Crippen LogP contribution in [0.4, 0.5) is 0 Å². The molecule has 0 saturated heterocycles. The van der Waals surface area contributed by atoms with Crippen molar-refractivity contribution in [3.63, 3.8) is 0 Å². The lowest BCUT2D eigenvalue weighted by Crippen LogP contribution is -1.95. The van der Waals surface area contributed by atoms with E-state index in [0.717, 1.165) is 0 Å². The largest absolute Gasteiger partial charge is 0.0622 e. The van der Waals surface area contributed by atoms with E-state index in [1.54, 1.807) is 0 Å². The molecule has 8 rings (SSSR count). The molecule has 0 aliphatic heterocycles. The van der Waals surface area contributed by atoms with Crippen LogP contribution in [0.1, 0.15) is 16.7 Å². The van der Waals surface area contributed by atoms with Crippen molar-refractivity contribution in [3.8, 4) is 44.5 Å². The van der Waals surface area contributed by atoms with Gasteiger partial charge in [0.15, 0.2) is 0 Å². The first-order valence-corrected chi connectivity index (χ1v) is 15.8. The van der Waals surface area contributed by atoms with E-state index < -0.39 is 0 Å². The molecule has 0 amide bonds. The van der Waals surface area contributed by atoms with Crippen molar-refractivity contribution in [2.24, 2.45) is 0 Å². The van der Waals surface area contributed by atoms with Gasteiger partial charge in [-0.2, -0.15) is 0 Å². The van der Waals surface area contributed by atoms with Crippen LogP contribution in [0.3, 0.4) is 0 Å². The highest BCUT2D eigenvalue weighted by molar-refractivity contribution is 6.22. The fourth-order valence-corrected chi connectivity index (χ4v) is 7.37. The van der Waals surface area contributed by atoms with E-state index in [1.165, 1.54) is 93.5 Å². The van der Waals surface area contributed by atoms with Gasteiger partial charge in [0.1, 0.15) is 0 Å². The molecule has 214 valence electrons. The van der Waals surface area contributed by atoms with E-state index in [4.69, 9.17) is 0 Å².